The van der Waals surface area contributed by atoms with Crippen molar-refractivity contribution in [2.24, 2.45) is 0 Å². The van der Waals surface area contributed by atoms with E-state index in [9.17, 15) is 12.8 Å². The van der Waals surface area contributed by atoms with Gasteiger partial charge < -0.3 is 5.32 Å². The number of halogens is 1. The standard InChI is InChI=1S/C11H16FNO2S/c1-8-4-10(12)6-11(5-8)13-9(2)7-16(3,14)15/h4-6,9,13H,7H2,1-3H3. The minimum absolute atomic E-state index is 0.0303. The van der Waals surface area contributed by atoms with Crippen LogP contribution in [0.1, 0.15) is 12.5 Å². The second-order valence-corrected chi connectivity index (χ2v) is 6.34. The highest BCUT2D eigenvalue weighted by atomic mass is 32.2. The van der Waals surface area contributed by atoms with E-state index in [1.54, 1.807) is 19.9 Å². The second kappa shape index (κ2) is 4.82. The average Bonchev–Trinajstić information content (AvgIpc) is 1.96. The quantitative estimate of drug-likeness (QED) is 0.882. The maximum atomic E-state index is 13.1. The smallest absolute Gasteiger partial charge is 0.149 e. The van der Waals surface area contributed by atoms with Gasteiger partial charge in [0.1, 0.15) is 15.7 Å². The van der Waals surface area contributed by atoms with E-state index in [-0.39, 0.29) is 17.6 Å². The molecule has 0 radical (unpaired) electrons. The Morgan fingerprint density at radius 1 is 1.38 bits per heavy atom. The van der Waals surface area contributed by atoms with E-state index in [4.69, 9.17) is 0 Å². The van der Waals surface area contributed by atoms with Gasteiger partial charge in [-0.25, -0.2) is 12.8 Å². The van der Waals surface area contributed by atoms with Crippen molar-refractivity contribution in [2.75, 3.05) is 17.3 Å². The van der Waals surface area contributed by atoms with Crippen molar-refractivity contribution in [2.45, 2.75) is 19.9 Å². The summed E-state index contributed by atoms with van der Waals surface area (Å²) in [6, 6.07) is 4.32. The number of hydrogen-bond acceptors (Lipinski definition) is 3. The van der Waals surface area contributed by atoms with Gasteiger partial charge in [-0.1, -0.05) is 0 Å². The highest BCUT2D eigenvalue weighted by molar-refractivity contribution is 7.90. The third-order valence-electron chi connectivity index (χ3n) is 2.01. The van der Waals surface area contributed by atoms with Crippen LogP contribution in [0, 0.1) is 12.7 Å². The van der Waals surface area contributed by atoms with Gasteiger partial charge in [0.25, 0.3) is 0 Å². The molecular weight excluding hydrogens is 229 g/mol. The van der Waals surface area contributed by atoms with Crippen molar-refractivity contribution < 1.29 is 12.8 Å². The van der Waals surface area contributed by atoms with Gasteiger partial charge in [-0.15, -0.1) is 0 Å². The van der Waals surface area contributed by atoms with E-state index in [2.05, 4.69) is 5.32 Å². The number of nitrogens with one attached hydrogen (secondary N) is 1. The molecule has 0 fully saturated rings. The molecule has 0 aromatic heterocycles. The molecule has 0 amide bonds. The van der Waals surface area contributed by atoms with Gasteiger partial charge in [-0.05, 0) is 37.6 Å². The van der Waals surface area contributed by atoms with Crippen molar-refractivity contribution in [3.05, 3.63) is 29.6 Å². The molecule has 0 aliphatic heterocycles. The molecule has 1 rings (SSSR count). The second-order valence-electron chi connectivity index (χ2n) is 4.16. The minimum atomic E-state index is -3.02. The van der Waals surface area contributed by atoms with Crippen LogP contribution in [0.5, 0.6) is 0 Å². The summed E-state index contributed by atoms with van der Waals surface area (Å²) in [5.41, 5.74) is 1.41. The molecule has 1 atom stereocenters. The summed E-state index contributed by atoms with van der Waals surface area (Å²) >= 11 is 0. The Hall–Kier alpha value is -1.10. The molecule has 0 heterocycles. The Morgan fingerprint density at radius 3 is 2.50 bits per heavy atom. The van der Waals surface area contributed by atoms with Crippen molar-refractivity contribution in [1.29, 1.82) is 0 Å². The number of sulfone groups is 1. The SMILES string of the molecule is Cc1cc(F)cc(NC(C)CS(C)(=O)=O)c1. The first-order chi connectivity index (χ1) is 7.26. The molecule has 0 aliphatic carbocycles. The predicted octanol–water partition coefficient (Wildman–Crippen LogP) is 1.98. The molecule has 0 bridgehead atoms. The molecule has 0 saturated carbocycles. The fourth-order valence-electron chi connectivity index (χ4n) is 1.60. The van der Waals surface area contributed by atoms with Crippen molar-refractivity contribution >= 4 is 15.5 Å². The fourth-order valence-corrected chi connectivity index (χ4v) is 2.59. The lowest BCUT2D eigenvalue weighted by Gasteiger charge is -2.14. The minimum Gasteiger partial charge on any atom is -0.381 e. The molecule has 1 aromatic carbocycles. The van der Waals surface area contributed by atoms with Gasteiger partial charge in [0.05, 0.1) is 5.75 Å². The van der Waals surface area contributed by atoms with Gasteiger partial charge in [0.15, 0.2) is 0 Å². The number of hydrogen-bond donors (Lipinski definition) is 1. The molecule has 90 valence electrons. The van der Waals surface area contributed by atoms with Crippen molar-refractivity contribution in [3.8, 4) is 0 Å². The first kappa shape index (κ1) is 13.0. The van der Waals surface area contributed by atoms with Crippen LogP contribution in [0.4, 0.5) is 10.1 Å². The Balaban J connectivity index is 2.73. The lowest BCUT2D eigenvalue weighted by molar-refractivity contribution is 0.598. The van der Waals surface area contributed by atoms with Gasteiger partial charge >= 0.3 is 0 Å². The highest BCUT2D eigenvalue weighted by Crippen LogP contribution is 2.14. The van der Waals surface area contributed by atoms with Gasteiger partial charge in [-0.3, -0.25) is 0 Å². The monoisotopic (exact) mass is 245 g/mol. The van der Waals surface area contributed by atoms with Gasteiger partial charge in [-0.2, -0.15) is 0 Å². The molecule has 1 unspecified atom stereocenters. The summed E-state index contributed by atoms with van der Waals surface area (Å²) in [6.07, 6.45) is 1.18. The third kappa shape index (κ3) is 4.61. The fraction of sp³-hybridized carbons (Fsp3) is 0.455. The maximum Gasteiger partial charge on any atom is 0.149 e. The first-order valence-corrected chi connectivity index (χ1v) is 7.04. The lowest BCUT2D eigenvalue weighted by Crippen LogP contribution is -2.25. The van der Waals surface area contributed by atoms with Gasteiger partial charge in [0.2, 0.25) is 0 Å². The third-order valence-corrected chi connectivity index (χ3v) is 3.11. The summed E-state index contributed by atoms with van der Waals surface area (Å²) in [4.78, 5) is 0. The van der Waals surface area contributed by atoms with Crippen LogP contribution in [-0.2, 0) is 9.84 Å². The van der Waals surface area contributed by atoms with Gasteiger partial charge in [0, 0.05) is 18.0 Å². The largest absolute Gasteiger partial charge is 0.381 e. The van der Waals surface area contributed by atoms with E-state index in [1.165, 1.54) is 18.4 Å². The van der Waals surface area contributed by atoms with Crippen LogP contribution >= 0.6 is 0 Å². The van der Waals surface area contributed by atoms with E-state index in [1.807, 2.05) is 0 Å². The number of anilines is 1. The molecule has 1 N–H and O–H groups in total. The Bertz CT molecular complexity index is 451. The normalized spacial score (nSPS) is 13.5. The number of aryl methyl sites for hydroxylation is 1. The molecule has 0 saturated heterocycles. The molecule has 16 heavy (non-hydrogen) atoms. The van der Waals surface area contributed by atoms with E-state index < -0.39 is 9.84 Å². The Kier molecular flexibility index (Phi) is 3.91. The molecule has 3 nitrogen and oxygen atoms in total. The van der Waals surface area contributed by atoms with Crippen LogP contribution in [0.15, 0.2) is 18.2 Å². The Labute approximate surface area is 95.6 Å². The van der Waals surface area contributed by atoms with Crippen molar-refractivity contribution in [1.82, 2.24) is 0 Å². The summed E-state index contributed by atoms with van der Waals surface area (Å²) in [7, 11) is -3.02. The lowest BCUT2D eigenvalue weighted by atomic mass is 10.2. The zero-order chi connectivity index (χ0) is 12.3. The van der Waals surface area contributed by atoms with Crippen LogP contribution in [0.3, 0.4) is 0 Å². The topological polar surface area (TPSA) is 46.2 Å². The number of rotatable bonds is 4. The molecule has 1 aromatic rings. The highest BCUT2D eigenvalue weighted by Gasteiger charge is 2.10. The van der Waals surface area contributed by atoms with Crippen LogP contribution in [-0.4, -0.2) is 26.5 Å². The zero-order valence-electron chi connectivity index (χ0n) is 9.62. The summed E-state index contributed by atoms with van der Waals surface area (Å²) < 4.78 is 35.2. The average molecular weight is 245 g/mol. The molecular formula is C11H16FNO2S. The van der Waals surface area contributed by atoms with E-state index >= 15 is 0 Å². The molecule has 0 aliphatic rings. The van der Waals surface area contributed by atoms with Crippen molar-refractivity contribution in [3.63, 3.8) is 0 Å². The van der Waals surface area contributed by atoms with Crippen LogP contribution < -0.4 is 5.32 Å². The zero-order valence-corrected chi connectivity index (χ0v) is 10.4. The summed E-state index contributed by atoms with van der Waals surface area (Å²) in [6.45, 7) is 3.54. The molecule has 0 spiro atoms. The van der Waals surface area contributed by atoms with E-state index in [0.717, 1.165) is 5.56 Å². The van der Waals surface area contributed by atoms with E-state index in [0.29, 0.717) is 5.69 Å². The first-order valence-electron chi connectivity index (χ1n) is 4.98. The predicted molar refractivity (Wildman–Crippen MR) is 63.9 cm³/mol. The molecule has 5 heteroatoms. The summed E-state index contributed by atoms with van der Waals surface area (Å²) in [5.74, 6) is -0.295. The van der Waals surface area contributed by atoms with Crippen LogP contribution in [0.2, 0.25) is 0 Å². The summed E-state index contributed by atoms with van der Waals surface area (Å²) in [5, 5.41) is 2.96. The maximum absolute atomic E-state index is 13.1. The number of benzene rings is 1. The Morgan fingerprint density at radius 2 is 2.00 bits per heavy atom. The van der Waals surface area contributed by atoms with Crippen LogP contribution in [0.25, 0.3) is 0 Å².